The molecule has 1 fully saturated rings. The van der Waals surface area contributed by atoms with Crippen LogP contribution < -0.4 is 0 Å². The zero-order valence-corrected chi connectivity index (χ0v) is 12.5. The van der Waals surface area contributed by atoms with Gasteiger partial charge in [-0.3, -0.25) is 4.90 Å². The maximum Gasteiger partial charge on any atom is 0.411 e. The van der Waals surface area contributed by atoms with Crippen LogP contribution in [0.2, 0.25) is 0 Å². The van der Waals surface area contributed by atoms with Crippen molar-refractivity contribution in [2.75, 3.05) is 0 Å². The second kappa shape index (κ2) is 4.55. The van der Waals surface area contributed by atoms with Crippen LogP contribution in [-0.4, -0.2) is 27.6 Å². The van der Waals surface area contributed by atoms with E-state index in [1.54, 1.807) is 11.0 Å². The van der Waals surface area contributed by atoms with Gasteiger partial charge in [-0.25, -0.2) is 9.78 Å². The minimum absolute atomic E-state index is 0.150. The van der Waals surface area contributed by atoms with Crippen LogP contribution in [0.3, 0.4) is 0 Å². The van der Waals surface area contributed by atoms with Crippen molar-refractivity contribution in [3.05, 3.63) is 35.9 Å². The van der Waals surface area contributed by atoms with Gasteiger partial charge in [-0.05, 0) is 50.8 Å². The standard InChI is InChI=1S/C16H19FN2O2/c1-9-11-5-6-12(10-7-8-18-14(17)13(9)10)19(11)15(20)21-16(2,3)4/h7-8,11-12H,1,5-6H2,2-4H3. The van der Waals surface area contributed by atoms with Gasteiger partial charge < -0.3 is 4.74 Å². The summed E-state index contributed by atoms with van der Waals surface area (Å²) < 4.78 is 19.5. The normalized spacial score (nSPS) is 24.0. The Kier molecular flexibility index (Phi) is 3.04. The van der Waals surface area contributed by atoms with E-state index in [0.29, 0.717) is 11.1 Å². The van der Waals surface area contributed by atoms with Crippen LogP contribution in [0.1, 0.15) is 50.8 Å². The number of amides is 1. The molecule has 2 atom stereocenters. The van der Waals surface area contributed by atoms with Crippen LogP contribution in [-0.2, 0) is 4.74 Å². The van der Waals surface area contributed by atoms with Gasteiger partial charge in [-0.15, -0.1) is 0 Å². The predicted octanol–water partition coefficient (Wildman–Crippen LogP) is 3.69. The third-order valence-corrected chi connectivity index (χ3v) is 4.01. The summed E-state index contributed by atoms with van der Waals surface area (Å²) in [4.78, 5) is 17.9. The van der Waals surface area contributed by atoms with E-state index < -0.39 is 11.5 Å². The summed E-state index contributed by atoms with van der Waals surface area (Å²) in [5.41, 5.74) is 1.33. The first kappa shape index (κ1) is 14.0. The summed E-state index contributed by atoms with van der Waals surface area (Å²) in [7, 11) is 0. The molecule has 21 heavy (non-hydrogen) atoms. The van der Waals surface area contributed by atoms with Gasteiger partial charge in [0.25, 0.3) is 0 Å². The molecule has 1 amide bonds. The maximum atomic E-state index is 14.0. The number of hydrogen-bond acceptors (Lipinski definition) is 3. The topological polar surface area (TPSA) is 42.4 Å². The molecule has 0 aliphatic carbocycles. The Labute approximate surface area is 123 Å². The molecular formula is C16H19FN2O2. The molecule has 2 unspecified atom stereocenters. The Hall–Kier alpha value is -1.91. The molecule has 0 radical (unpaired) electrons. The summed E-state index contributed by atoms with van der Waals surface area (Å²) in [5, 5.41) is 0. The lowest BCUT2D eigenvalue weighted by Gasteiger charge is -2.38. The van der Waals surface area contributed by atoms with Crippen molar-refractivity contribution >= 4 is 11.7 Å². The SMILES string of the molecule is C=C1c2c(ccnc2F)C2CCC1N2C(=O)OC(C)(C)C. The van der Waals surface area contributed by atoms with Crippen LogP contribution >= 0.6 is 0 Å². The fourth-order valence-corrected chi connectivity index (χ4v) is 3.24. The van der Waals surface area contributed by atoms with E-state index in [-0.39, 0.29) is 18.2 Å². The molecule has 1 aromatic rings. The van der Waals surface area contributed by atoms with Gasteiger partial charge in [0.15, 0.2) is 0 Å². The van der Waals surface area contributed by atoms with Crippen molar-refractivity contribution in [3.8, 4) is 0 Å². The smallest absolute Gasteiger partial charge is 0.411 e. The number of hydrogen-bond donors (Lipinski definition) is 0. The summed E-state index contributed by atoms with van der Waals surface area (Å²) in [6.45, 7) is 9.50. The molecule has 2 aliphatic rings. The number of nitrogens with zero attached hydrogens (tertiary/aromatic N) is 2. The van der Waals surface area contributed by atoms with Crippen molar-refractivity contribution in [3.63, 3.8) is 0 Å². The zero-order valence-electron chi connectivity index (χ0n) is 12.5. The van der Waals surface area contributed by atoms with Crippen molar-refractivity contribution in [2.45, 2.75) is 51.3 Å². The first-order valence-electron chi connectivity index (χ1n) is 7.14. The van der Waals surface area contributed by atoms with Crippen LogP contribution in [0.25, 0.3) is 5.57 Å². The third kappa shape index (κ3) is 2.20. The van der Waals surface area contributed by atoms with E-state index in [9.17, 15) is 9.18 Å². The van der Waals surface area contributed by atoms with E-state index >= 15 is 0 Å². The molecule has 112 valence electrons. The van der Waals surface area contributed by atoms with Crippen molar-refractivity contribution in [1.82, 2.24) is 9.88 Å². The average Bonchev–Trinajstić information content (AvgIpc) is 2.74. The van der Waals surface area contributed by atoms with Crippen molar-refractivity contribution in [1.29, 1.82) is 0 Å². The highest BCUT2D eigenvalue weighted by atomic mass is 19.1. The van der Waals surface area contributed by atoms with Gasteiger partial charge in [-0.1, -0.05) is 6.58 Å². The summed E-state index contributed by atoms with van der Waals surface area (Å²) in [6.07, 6.45) is 2.64. The summed E-state index contributed by atoms with van der Waals surface area (Å²) in [6, 6.07) is 1.42. The average molecular weight is 290 g/mol. The van der Waals surface area contributed by atoms with Crippen LogP contribution in [0.15, 0.2) is 18.8 Å². The van der Waals surface area contributed by atoms with Gasteiger partial charge in [0.2, 0.25) is 5.95 Å². The number of halogens is 1. The van der Waals surface area contributed by atoms with E-state index in [0.717, 1.165) is 18.4 Å². The lowest BCUT2D eigenvalue weighted by Crippen LogP contribution is -2.44. The second-order valence-electron chi connectivity index (χ2n) is 6.59. The Balaban J connectivity index is 2.01. The number of fused-ring (bicyclic) bond motifs is 4. The van der Waals surface area contributed by atoms with Crippen molar-refractivity contribution in [2.24, 2.45) is 0 Å². The molecule has 0 aromatic carbocycles. The number of pyridine rings is 1. The number of ether oxygens (including phenoxy) is 1. The molecule has 1 saturated heterocycles. The Morgan fingerprint density at radius 3 is 2.76 bits per heavy atom. The van der Waals surface area contributed by atoms with E-state index in [4.69, 9.17) is 4.74 Å². The zero-order chi connectivity index (χ0) is 15.4. The quantitative estimate of drug-likeness (QED) is 0.684. The number of rotatable bonds is 0. The first-order chi connectivity index (χ1) is 9.79. The number of aromatic nitrogens is 1. The third-order valence-electron chi connectivity index (χ3n) is 4.01. The summed E-state index contributed by atoms with van der Waals surface area (Å²) >= 11 is 0. The van der Waals surface area contributed by atoms with Crippen LogP contribution in [0.4, 0.5) is 9.18 Å². The van der Waals surface area contributed by atoms with E-state index in [1.165, 1.54) is 6.20 Å². The van der Waals surface area contributed by atoms with Crippen LogP contribution in [0, 0.1) is 5.95 Å². The molecule has 3 rings (SSSR count). The van der Waals surface area contributed by atoms with Crippen molar-refractivity contribution < 1.29 is 13.9 Å². The number of carbonyl (C=O) groups excluding carboxylic acids is 1. The van der Waals surface area contributed by atoms with Gasteiger partial charge in [0.1, 0.15) is 5.60 Å². The largest absolute Gasteiger partial charge is 0.444 e. The van der Waals surface area contributed by atoms with E-state index in [1.807, 2.05) is 20.8 Å². The molecule has 3 heterocycles. The highest BCUT2D eigenvalue weighted by molar-refractivity contribution is 5.81. The number of carbonyl (C=O) groups is 1. The Morgan fingerprint density at radius 1 is 1.43 bits per heavy atom. The molecule has 1 aromatic heterocycles. The van der Waals surface area contributed by atoms with Crippen LogP contribution in [0.5, 0.6) is 0 Å². The molecule has 0 spiro atoms. The Morgan fingerprint density at radius 2 is 2.10 bits per heavy atom. The molecular weight excluding hydrogens is 271 g/mol. The van der Waals surface area contributed by atoms with Gasteiger partial charge >= 0.3 is 6.09 Å². The summed E-state index contributed by atoms with van der Waals surface area (Å²) in [5.74, 6) is -0.502. The first-order valence-corrected chi connectivity index (χ1v) is 7.14. The lowest BCUT2D eigenvalue weighted by molar-refractivity contribution is 0.0174. The second-order valence-corrected chi connectivity index (χ2v) is 6.59. The molecule has 2 aliphatic heterocycles. The molecule has 2 bridgehead atoms. The molecule has 0 saturated carbocycles. The fourth-order valence-electron chi connectivity index (χ4n) is 3.24. The molecule has 5 heteroatoms. The molecule has 0 N–H and O–H groups in total. The van der Waals surface area contributed by atoms with Gasteiger partial charge in [-0.2, -0.15) is 4.39 Å². The highest BCUT2D eigenvalue weighted by Crippen LogP contribution is 2.49. The molecule has 4 nitrogen and oxygen atoms in total. The maximum absolute atomic E-state index is 14.0. The van der Waals surface area contributed by atoms with Gasteiger partial charge in [0, 0.05) is 11.8 Å². The monoisotopic (exact) mass is 290 g/mol. The minimum atomic E-state index is -0.554. The predicted molar refractivity (Wildman–Crippen MR) is 77.1 cm³/mol. The minimum Gasteiger partial charge on any atom is -0.444 e. The lowest BCUT2D eigenvalue weighted by atomic mass is 9.91. The van der Waals surface area contributed by atoms with E-state index in [2.05, 4.69) is 11.6 Å². The Bertz CT molecular complexity index is 621. The highest BCUT2D eigenvalue weighted by Gasteiger charge is 2.47. The fraction of sp³-hybridized carbons (Fsp3) is 0.500. The van der Waals surface area contributed by atoms with Gasteiger partial charge in [0.05, 0.1) is 12.1 Å².